The summed E-state index contributed by atoms with van der Waals surface area (Å²) in [6.07, 6.45) is 6.45. The second kappa shape index (κ2) is 6.12. The molecule has 0 unspecified atom stereocenters. The fraction of sp³-hybridized carbons (Fsp3) is 0.647. The number of hydrogen-bond acceptors (Lipinski definition) is 7. The largest absolute Gasteiger partial charge is 0.408 e. The maximum absolute atomic E-state index is 6.23. The van der Waals surface area contributed by atoms with Crippen LogP contribution in [0.3, 0.4) is 0 Å². The number of rotatable bonds is 3. The molecule has 0 aliphatic carbocycles. The average molecular weight is 329 g/mol. The molecule has 1 spiro atoms. The van der Waals surface area contributed by atoms with Crippen LogP contribution in [0.25, 0.3) is 0 Å². The highest BCUT2D eigenvalue weighted by Gasteiger charge is 2.43. The highest BCUT2D eigenvalue weighted by molar-refractivity contribution is 5.32. The first kappa shape index (κ1) is 15.5. The highest BCUT2D eigenvalue weighted by Crippen LogP contribution is 2.40. The molecule has 1 fully saturated rings. The third-order valence-corrected chi connectivity index (χ3v) is 4.93. The van der Waals surface area contributed by atoms with Crippen molar-refractivity contribution in [2.75, 3.05) is 24.6 Å². The van der Waals surface area contributed by atoms with E-state index >= 15 is 0 Å². The Kier molecular flexibility index (Phi) is 3.96. The third kappa shape index (κ3) is 2.66. The quantitative estimate of drug-likeness (QED) is 0.854. The number of aryl methyl sites for hydroxylation is 2. The molecule has 0 atom stereocenters. The van der Waals surface area contributed by atoms with Gasteiger partial charge in [0, 0.05) is 25.7 Å². The van der Waals surface area contributed by atoms with Crippen molar-refractivity contribution in [1.29, 1.82) is 0 Å². The summed E-state index contributed by atoms with van der Waals surface area (Å²) in [5.74, 6) is 1.53. The summed E-state index contributed by atoms with van der Waals surface area (Å²) in [6, 6.07) is 0.628. The Bertz CT molecular complexity index is 722. The normalized spacial score (nSPS) is 19.5. The number of nitrogens with zero attached hydrogens (tertiary/aromatic N) is 5. The van der Waals surface area contributed by atoms with Crippen LogP contribution in [0.4, 0.5) is 6.01 Å². The zero-order chi connectivity index (χ0) is 16.6. The minimum absolute atomic E-state index is 0.288. The van der Waals surface area contributed by atoms with E-state index in [2.05, 4.69) is 27.0 Å². The predicted molar refractivity (Wildman–Crippen MR) is 87.8 cm³/mol. The molecule has 2 aliphatic rings. The SMILES string of the molecule is CCCc1nnc(N2CCC3(CC2)OCCc2cnc(C)nc23)o1. The topological polar surface area (TPSA) is 77.2 Å². The van der Waals surface area contributed by atoms with Crippen molar-refractivity contribution in [1.82, 2.24) is 20.2 Å². The van der Waals surface area contributed by atoms with Crippen molar-refractivity contribution in [2.24, 2.45) is 0 Å². The van der Waals surface area contributed by atoms with E-state index in [4.69, 9.17) is 14.1 Å². The summed E-state index contributed by atoms with van der Waals surface area (Å²) in [5.41, 5.74) is 2.02. The van der Waals surface area contributed by atoms with Gasteiger partial charge in [-0.05, 0) is 38.2 Å². The number of anilines is 1. The third-order valence-electron chi connectivity index (χ3n) is 4.93. The van der Waals surface area contributed by atoms with E-state index < -0.39 is 0 Å². The molecular formula is C17H23N5O2. The molecule has 0 aromatic carbocycles. The maximum Gasteiger partial charge on any atom is 0.318 e. The Morgan fingerprint density at radius 2 is 2.08 bits per heavy atom. The van der Waals surface area contributed by atoms with Crippen molar-refractivity contribution in [2.45, 2.75) is 51.6 Å². The molecule has 0 N–H and O–H groups in total. The zero-order valence-electron chi connectivity index (χ0n) is 14.3. The fourth-order valence-electron chi connectivity index (χ4n) is 3.62. The van der Waals surface area contributed by atoms with Crippen LogP contribution < -0.4 is 4.90 Å². The van der Waals surface area contributed by atoms with Crippen molar-refractivity contribution in [3.63, 3.8) is 0 Å². The summed E-state index contributed by atoms with van der Waals surface area (Å²) in [7, 11) is 0. The molecule has 128 valence electrons. The van der Waals surface area contributed by atoms with Crippen LogP contribution in [0.2, 0.25) is 0 Å². The van der Waals surface area contributed by atoms with Gasteiger partial charge in [0.05, 0.1) is 12.3 Å². The van der Waals surface area contributed by atoms with Crippen LogP contribution in [0, 0.1) is 6.92 Å². The van der Waals surface area contributed by atoms with Crippen LogP contribution >= 0.6 is 0 Å². The van der Waals surface area contributed by atoms with E-state index in [9.17, 15) is 0 Å². The van der Waals surface area contributed by atoms with Gasteiger partial charge in [0.25, 0.3) is 0 Å². The van der Waals surface area contributed by atoms with Gasteiger partial charge < -0.3 is 14.1 Å². The Morgan fingerprint density at radius 1 is 1.25 bits per heavy atom. The first-order valence-electron chi connectivity index (χ1n) is 8.74. The number of hydrogen-bond donors (Lipinski definition) is 0. The van der Waals surface area contributed by atoms with Gasteiger partial charge in [-0.15, -0.1) is 5.10 Å². The molecule has 0 radical (unpaired) electrons. The summed E-state index contributed by atoms with van der Waals surface area (Å²) in [6.45, 7) is 6.44. The molecule has 4 heterocycles. The van der Waals surface area contributed by atoms with Crippen LogP contribution in [-0.2, 0) is 23.2 Å². The molecule has 7 nitrogen and oxygen atoms in total. The molecular weight excluding hydrogens is 306 g/mol. The molecule has 0 amide bonds. The molecule has 2 aromatic heterocycles. The van der Waals surface area contributed by atoms with E-state index in [1.807, 2.05) is 13.1 Å². The second-order valence-electron chi connectivity index (χ2n) is 6.60. The van der Waals surface area contributed by atoms with Crippen molar-refractivity contribution in [3.05, 3.63) is 29.2 Å². The van der Waals surface area contributed by atoms with Crippen LogP contribution in [0.1, 0.15) is 49.2 Å². The van der Waals surface area contributed by atoms with Gasteiger partial charge in [0.1, 0.15) is 11.4 Å². The molecule has 7 heteroatoms. The van der Waals surface area contributed by atoms with E-state index in [0.29, 0.717) is 6.01 Å². The monoisotopic (exact) mass is 329 g/mol. The lowest BCUT2D eigenvalue weighted by atomic mass is 9.83. The van der Waals surface area contributed by atoms with Gasteiger partial charge >= 0.3 is 6.01 Å². The number of aromatic nitrogens is 4. The van der Waals surface area contributed by atoms with Gasteiger partial charge in [-0.25, -0.2) is 9.97 Å². The Balaban J connectivity index is 1.53. The number of ether oxygens (including phenoxy) is 1. The predicted octanol–water partition coefficient (Wildman–Crippen LogP) is 2.19. The van der Waals surface area contributed by atoms with Crippen molar-refractivity contribution >= 4 is 6.01 Å². The van der Waals surface area contributed by atoms with E-state index in [-0.39, 0.29) is 5.60 Å². The number of piperidine rings is 1. The number of fused-ring (bicyclic) bond motifs is 2. The van der Waals surface area contributed by atoms with Gasteiger partial charge in [-0.3, -0.25) is 0 Å². The minimum Gasteiger partial charge on any atom is -0.408 e. The highest BCUT2D eigenvalue weighted by atomic mass is 16.5. The summed E-state index contributed by atoms with van der Waals surface area (Å²) < 4.78 is 12.0. The first-order chi connectivity index (χ1) is 11.7. The van der Waals surface area contributed by atoms with E-state index in [0.717, 1.165) is 69.2 Å². The maximum atomic E-state index is 6.23. The first-order valence-corrected chi connectivity index (χ1v) is 8.74. The van der Waals surface area contributed by atoms with Gasteiger partial charge in [-0.2, -0.15) is 0 Å². The smallest absolute Gasteiger partial charge is 0.318 e. The molecule has 4 rings (SSSR count). The lowest BCUT2D eigenvalue weighted by Gasteiger charge is -2.43. The zero-order valence-corrected chi connectivity index (χ0v) is 14.3. The molecule has 0 bridgehead atoms. The lowest BCUT2D eigenvalue weighted by molar-refractivity contribution is -0.0806. The van der Waals surface area contributed by atoms with E-state index in [1.54, 1.807) is 0 Å². The van der Waals surface area contributed by atoms with Crippen molar-refractivity contribution < 1.29 is 9.15 Å². The molecule has 1 saturated heterocycles. The van der Waals surface area contributed by atoms with Crippen LogP contribution in [0.15, 0.2) is 10.6 Å². The van der Waals surface area contributed by atoms with Crippen molar-refractivity contribution in [3.8, 4) is 0 Å². The van der Waals surface area contributed by atoms with Crippen LogP contribution in [0.5, 0.6) is 0 Å². The summed E-state index contributed by atoms with van der Waals surface area (Å²) in [4.78, 5) is 11.2. The second-order valence-corrected chi connectivity index (χ2v) is 6.60. The van der Waals surface area contributed by atoms with Gasteiger partial charge in [0.15, 0.2) is 0 Å². The van der Waals surface area contributed by atoms with Gasteiger partial charge in [0.2, 0.25) is 5.89 Å². The molecule has 2 aliphatic heterocycles. The molecule has 2 aromatic rings. The molecule has 24 heavy (non-hydrogen) atoms. The standard InChI is InChI=1S/C17H23N5O2/c1-3-4-14-20-21-16(24-14)22-8-6-17(7-9-22)15-13(5-10-23-17)11-18-12(2)19-15/h11H,3-10H2,1-2H3. The average Bonchev–Trinajstić information content (AvgIpc) is 3.06. The Hall–Kier alpha value is -2.02. The Labute approximate surface area is 141 Å². The lowest BCUT2D eigenvalue weighted by Crippen LogP contribution is -2.47. The fourth-order valence-corrected chi connectivity index (χ4v) is 3.62. The minimum atomic E-state index is -0.288. The Morgan fingerprint density at radius 3 is 2.88 bits per heavy atom. The molecule has 0 saturated carbocycles. The summed E-state index contributed by atoms with van der Waals surface area (Å²) in [5, 5.41) is 8.32. The summed E-state index contributed by atoms with van der Waals surface area (Å²) >= 11 is 0. The van der Waals surface area contributed by atoms with Gasteiger partial charge in [-0.1, -0.05) is 12.0 Å². The van der Waals surface area contributed by atoms with E-state index in [1.165, 1.54) is 5.56 Å². The van der Waals surface area contributed by atoms with Crippen LogP contribution in [-0.4, -0.2) is 39.9 Å².